The molecule has 1 aromatic heterocycles. The summed E-state index contributed by atoms with van der Waals surface area (Å²) in [7, 11) is 0. The van der Waals surface area contributed by atoms with Gasteiger partial charge in [-0.2, -0.15) is 0 Å². The van der Waals surface area contributed by atoms with Crippen LogP contribution in [-0.2, 0) is 6.54 Å². The number of amides is 1. The molecule has 5 nitrogen and oxygen atoms in total. The summed E-state index contributed by atoms with van der Waals surface area (Å²) in [6.45, 7) is 4.90. The van der Waals surface area contributed by atoms with E-state index in [2.05, 4.69) is 44.4 Å². The Hall–Kier alpha value is -3.25. The monoisotopic (exact) mass is 404 g/mol. The number of rotatable bonds is 5. The van der Waals surface area contributed by atoms with Gasteiger partial charge in [-0.3, -0.25) is 9.69 Å². The lowest BCUT2D eigenvalue weighted by molar-refractivity contribution is 0.102. The molecule has 1 amide bonds. The van der Waals surface area contributed by atoms with Crippen LogP contribution in [0.25, 0.3) is 0 Å². The van der Waals surface area contributed by atoms with Gasteiger partial charge in [0.25, 0.3) is 5.91 Å². The molecule has 1 aliphatic heterocycles. The van der Waals surface area contributed by atoms with E-state index in [0.717, 1.165) is 45.0 Å². The number of hydrogen-bond donors (Lipinski definition) is 1. The van der Waals surface area contributed by atoms with E-state index < -0.39 is 0 Å². The van der Waals surface area contributed by atoms with Crippen molar-refractivity contribution in [1.29, 1.82) is 0 Å². The van der Waals surface area contributed by atoms with Gasteiger partial charge in [-0.15, -0.1) is 0 Å². The van der Waals surface area contributed by atoms with Crippen LogP contribution in [0.3, 0.4) is 0 Å². The minimum Gasteiger partial charge on any atom is -0.355 e. The summed E-state index contributed by atoms with van der Waals surface area (Å²) in [5.74, 6) is 0.268. The lowest BCUT2D eigenvalue weighted by Gasteiger charge is -2.23. The van der Waals surface area contributed by atoms with Gasteiger partial charge in [0.2, 0.25) is 0 Å². The summed E-state index contributed by atoms with van der Waals surface area (Å²) in [6.07, 6.45) is 2.75. The van der Waals surface area contributed by atoms with Crippen molar-refractivity contribution in [2.75, 3.05) is 36.4 Å². The third kappa shape index (κ3) is 5.21. The molecule has 2 aromatic carbocycles. The van der Waals surface area contributed by atoms with Gasteiger partial charge in [-0.1, -0.05) is 30.3 Å². The predicted molar refractivity (Wildman–Crippen MR) is 117 cm³/mol. The van der Waals surface area contributed by atoms with Crippen LogP contribution < -0.4 is 10.2 Å². The molecule has 0 atom stereocenters. The normalized spacial score (nSPS) is 14.9. The molecule has 1 fully saturated rings. The fourth-order valence-electron chi connectivity index (χ4n) is 3.65. The third-order valence-electron chi connectivity index (χ3n) is 5.27. The molecule has 0 radical (unpaired) electrons. The summed E-state index contributed by atoms with van der Waals surface area (Å²) in [5, 5.41) is 2.80. The summed E-state index contributed by atoms with van der Waals surface area (Å²) in [4.78, 5) is 21.6. The van der Waals surface area contributed by atoms with E-state index in [0.29, 0.717) is 11.3 Å². The summed E-state index contributed by atoms with van der Waals surface area (Å²) >= 11 is 0. The molecule has 0 bridgehead atoms. The number of halogens is 1. The quantitative estimate of drug-likeness (QED) is 0.693. The number of hydrogen-bond acceptors (Lipinski definition) is 4. The molecular weight excluding hydrogens is 379 g/mol. The van der Waals surface area contributed by atoms with Crippen molar-refractivity contribution in [3.63, 3.8) is 0 Å². The van der Waals surface area contributed by atoms with Crippen LogP contribution >= 0.6 is 0 Å². The number of benzene rings is 2. The van der Waals surface area contributed by atoms with Gasteiger partial charge >= 0.3 is 0 Å². The lowest BCUT2D eigenvalue weighted by atomic mass is 10.2. The van der Waals surface area contributed by atoms with Crippen molar-refractivity contribution in [3.8, 4) is 0 Å². The Morgan fingerprint density at radius 3 is 2.47 bits per heavy atom. The first-order valence-corrected chi connectivity index (χ1v) is 10.2. The molecule has 154 valence electrons. The first-order chi connectivity index (χ1) is 14.7. The Morgan fingerprint density at radius 2 is 1.73 bits per heavy atom. The number of anilines is 2. The summed E-state index contributed by atoms with van der Waals surface area (Å²) < 4.78 is 13.0. The third-order valence-corrected chi connectivity index (χ3v) is 5.27. The maximum atomic E-state index is 13.0. The zero-order chi connectivity index (χ0) is 20.8. The molecular formula is C24H25FN4O. The molecule has 0 saturated carbocycles. The average molecular weight is 404 g/mol. The molecule has 30 heavy (non-hydrogen) atoms. The molecule has 0 spiro atoms. The minimum atomic E-state index is -0.364. The minimum absolute atomic E-state index is 0.282. The number of carbonyl (C=O) groups is 1. The van der Waals surface area contributed by atoms with Crippen molar-refractivity contribution in [2.24, 2.45) is 0 Å². The Balaban J connectivity index is 1.33. The van der Waals surface area contributed by atoms with E-state index in [4.69, 9.17) is 0 Å². The topological polar surface area (TPSA) is 48.5 Å². The first kappa shape index (κ1) is 20.0. The Bertz CT molecular complexity index is 961. The zero-order valence-electron chi connectivity index (χ0n) is 16.8. The van der Waals surface area contributed by atoms with Crippen LogP contribution in [0.4, 0.5) is 15.9 Å². The van der Waals surface area contributed by atoms with Crippen LogP contribution in [-0.4, -0.2) is 42.0 Å². The van der Waals surface area contributed by atoms with E-state index in [9.17, 15) is 9.18 Å². The Kier molecular flexibility index (Phi) is 6.35. The number of aromatic nitrogens is 1. The number of pyridine rings is 1. The van der Waals surface area contributed by atoms with Crippen LogP contribution in [0.5, 0.6) is 0 Å². The van der Waals surface area contributed by atoms with Gasteiger partial charge < -0.3 is 10.2 Å². The number of nitrogens with zero attached hydrogens (tertiary/aromatic N) is 3. The standard InChI is InChI=1S/C24H25FN4O/c25-21-9-7-20(8-10-21)24(30)27-22-11-12-23(26-17-22)29-14-4-13-28(15-16-29)18-19-5-2-1-3-6-19/h1-3,5-12,17H,4,13-16,18H2,(H,27,30). The summed E-state index contributed by atoms with van der Waals surface area (Å²) in [6, 6.07) is 19.8. The summed E-state index contributed by atoms with van der Waals surface area (Å²) in [5.41, 5.74) is 2.37. The Labute approximate surface area is 176 Å². The lowest BCUT2D eigenvalue weighted by Crippen LogP contribution is -2.30. The fourth-order valence-corrected chi connectivity index (χ4v) is 3.65. The first-order valence-electron chi connectivity index (χ1n) is 10.2. The second-order valence-corrected chi connectivity index (χ2v) is 7.47. The van der Waals surface area contributed by atoms with Gasteiger partial charge in [0.15, 0.2) is 0 Å². The molecule has 0 aliphatic carbocycles. The molecule has 3 aromatic rings. The molecule has 0 unspecified atom stereocenters. The van der Waals surface area contributed by atoms with Crippen molar-refractivity contribution < 1.29 is 9.18 Å². The SMILES string of the molecule is O=C(Nc1ccc(N2CCCN(Cc3ccccc3)CC2)nc1)c1ccc(F)cc1. The van der Waals surface area contributed by atoms with Crippen molar-refractivity contribution in [3.05, 3.63) is 89.9 Å². The van der Waals surface area contributed by atoms with Gasteiger partial charge in [0.1, 0.15) is 11.6 Å². The zero-order valence-corrected chi connectivity index (χ0v) is 16.8. The van der Waals surface area contributed by atoms with E-state index in [1.54, 1.807) is 6.20 Å². The number of nitrogens with one attached hydrogen (secondary N) is 1. The maximum absolute atomic E-state index is 13.0. The molecule has 6 heteroatoms. The van der Waals surface area contributed by atoms with E-state index in [1.165, 1.54) is 29.8 Å². The highest BCUT2D eigenvalue weighted by Crippen LogP contribution is 2.18. The predicted octanol–water partition coefficient (Wildman–Crippen LogP) is 4.19. The van der Waals surface area contributed by atoms with Gasteiger partial charge in [0.05, 0.1) is 11.9 Å². The molecule has 2 heterocycles. The van der Waals surface area contributed by atoms with Crippen molar-refractivity contribution in [1.82, 2.24) is 9.88 Å². The van der Waals surface area contributed by atoms with Crippen LogP contribution in [0.1, 0.15) is 22.3 Å². The highest BCUT2D eigenvalue weighted by molar-refractivity contribution is 6.04. The molecule has 1 aliphatic rings. The largest absolute Gasteiger partial charge is 0.355 e. The van der Waals surface area contributed by atoms with E-state index in [-0.39, 0.29) is 11.7 Å². The maximum Gasteiger partial charge on any atom is 0.255 e. The average Bonchev–Trinajstić information content (AvgIpc) is 3.01. The Morgan fingerprint density at radius 1 is 0.933 bits per heavy atom. The highest BCUT2D eigenvalue weighted by Gasteiger charge is 2.16. The van der Waals surface area contributed by atoms with Crippen LogP contribution in [0.15, 0.2) is 72.9 Å². The molecule has 1 saturated heterocycles. The molecule has 4 rings (SSSR count). The second-order valence-electron chi connectivity index (χ2n) is 7.47. The van der Waals surface area contributed by atoms with Crippen LogP contribution in [0.2, 0.25) is 0 Å². The number of carbonyl (C=O) groups excluding carboxylic acids is 1. The molecule has 1 N–H and O–H groups in total. The smallest absolute Gasteiger partial charge is 0.255 e. The van der Waals surface area contributed by atoms with Gasteiger partial charge in [0, 0.05) is 38.3 Å². The fraction of sp³-hybridized carbons (Fsp3) is 0.250. The van der Waals surface area contributed by atoms with Crippen LogP contribution in [0, 0.1) is 5.82 Å². The van der Waals surface area contributed by atoms with E-state index >= 15 is 0 Å². The van der Waals surface area contributed by atoms with E-state index in [1.807, 2.05) is 18.2 Å². The highest BCUT2D eigenvalue weighted by atomic mass is 19.1. The van der Waals surface area contributed by atoms with Crippen molar-refractivity contribution >= 4 is 17.4 Å². The van der Waals surface area contributed by atoms with Gasteiger partial charge in [-0.25, -0.2) is 9.37 Å². The van der Waals surface area contributed by atoms with Gasteiger partial charge in [-0.05, 0) is 48.4 Å². The second kappa shape index (κ2) is 9.50. The van der Waals surface area contributed by atoms with Crippen molar-refractivity contribution in [2.45, 2.75) is 13.0 Å².